The van der Waals surface area contributed by atoms with Crippen molar-refractivity contribution in [3.63, 3.8) is 0 Å². The SMILES string of the molecule is CNC(=O)c1ccn(-c2nc[nH]c(=O)c2Br)n1. The van der Waals surface area contributed by atoms with Crippen molar-refractivity contribution >= 4 is 21.8 Å². The van der Waals surface area contributed by atoms with Crippen molar-refractivity contribution in [2.24, 2.45) is 0 Å². The van der Waals surface area contributed by atoms with Crippen LogP contribution in [0.3, 0.4) is 0 Å². The zero-order valence-electron chi connectivity index (χ0n) is 8.77. The first kappa shape index (κ1) is 11.5. The summed E-state index contributed by atoms with van der Waals surface area (Å²) in [5.41, 5.74) is -0.0616. The molecule has 0 spiro atoms. The molecule has 7 nitrogen and oxygen atoms in total. The van der Waals surface area contributed by atoms with E-state index in [9.17, 15) is 9.59 Å². The summed E-state index contributed by atoms with van der Waals surface area (Å²) in [4.78, 5) is 29.1. The molecule has 0 unspecified atom stereocenters. The Morgan fingerprint density at radius 3 is 3.06 bits per heavy atom. The number of amides is 1. The molecule has 0 saturated carbocycles. The van der Waals surface area contributed by atoms with Gasteiger partial charge in [0.2, 0.25) is 0 Å². The molecule has 0 saturated heterocycles. The molecule has 0 fully saturated rings. The summed E-state index contributed by atoms with van der Waals surface area (Å²) in [6, 6.07) is 1.54. The number of aromatic amines is 1. The van der Waals surface area contributed by atoms with Gasteiger partial charge in [-0.1, -0.05) is 0 Å². The highest BCUT2D eigenvalue weighted by Crippen LogP contribution is 2.12. The molecule has 0 radical (unpaired) electrons. The molecule has 2 N–H and O–H groups in total. The summed E-state index contributed by atoms with van der Waals surface area (Å²) in [6.45, 7) is 0. The number of H-pyrrole nitrogens is 1. The maximum atomic E-state index is 11.3. The van der Waals surface area contributed by atoms with Crippen LogP contribution in [0.5, 0.6) is 0 Å². The van der Waals surface area contributed by atoms with Gasteiger partial charge < -0.3 is 10.3 Å². The van der Waals surface area contributed by atoms with Crippen LogP contribution in [0.25, 0.3) is 5.82 Å². The van der Waals surface area contributed by atoms with Gasteiger partial charge in [-0.2, -0.15) is 5.10 Å². The van der Waals surface area contributed by atoms with Gasteiger partial charge in [-0.15, -0.1) is 0 Å². The molecule has 88 valence electrons. The van der Waals surface area contributed by atoms with Crippen LogP contribution in [0.4, 0.5) is 0 Å². The number of hydrogen-bond donors (Lipinski definition) is 2. The van der Waals surface area contributed by atoms with E-state index in [4.69, 9.17) is 0 Å². The molecule has 0 aliphatic carbocycles. The zero-order valence-corrected chi connectivity index (χ0v) is 10.4. The quantitative estimate of drug-likeness (QED) is 0.821. The molecule has 0 aromatic carbocycles. The highest BCUT2D eigenvalue weighted by atomic mass is 79.9. The van der Waals surface area contributed by atoms with E-state index < -0.39 is 0 Å². The molecule has 0 atom stereocenters. The summed E-state index contributed by atoms with van der Waals surface area (Å²) in [7, 11) is 1.52. The van der Waals surface area contributed by atoms with Crippen molar-refractivity contribution in [1.29, 1.82) is 0 Å². The van der Waals surface area contributed by atoms with Gasteiger partial charge in [0.25, 0.3) is 11.5 Å². The minimum absolute atomic E-state index is 0.251. The van der Waals surface area contributed by atoms with Gasteiger partial charge in [0.05, 0.1) is 6.33 Å². The molecule has 2 aromatic heterocycles. The van der Waals surface area contributed by atoms with Gasteiger partial charge in [-0.3, -0.25) is 9.59 Å². The van der Waals surface area contributed by atoms with Gasteiger partial charge >= 0.3 is 0 Å². The van der Waals surface area contributed by atoms with Gasteiger partial charge in [0.1, 0.15) is 4.47 Å². The lowest BCUT2D eigenvalue weighted by Gasteiger charge is -2.01. The number of aromatic nitrogens is 4. The van der Waals surface area contributed by atoms with E-state index in [1.165, 1.54) is 24.1 Å². The Kier molecular flexibility index (Phi) is 3.05. The third-order valence-corrected chi connectivity index (χ3v) is 2.76. The van der Waals surface area contributed by atoms with Gasteiger partial charge in [-0.05, 0) is 22.0 Å². The van der Waals surface area contributed by atoms with Gasteiger partial charge in [0.15, 0.2) is 11.5 Å². The van der Waals surface area contributed by atoms with Crippen LogP contribution in [0.2, 0.25) is 0 Å². The van der Waals surface area contributed by atoms with Crippen LogP contribution in [0.1, 0.15) is 10.5 Å². The summed E-state index contributed by atoms with van der Waals surface area (Å²) >= 11 is 3.11. The number of carbonyl (C=O) groups excluding carboxylic acids is 1. The Hall–Kier alpha value is -1.96. The molecule has 0 bridgehead atoms. The van der Waals surface area contributed by atoms with Crippen LogP contribution >= 0.6 is 15.9 Å². The second-order valence-electron chi connectivity index (χ2n) is 3.09. The Morgan fingerprint density at radius 2 is 2.35 bits per heavy atom. The van der Waals surface area contributed by atoms with Gasteiger partial charge in [-0.25, -0.2) is 9.67 Å². The summed E-state index contributed by atoms with van der Waals surface area (Å²) < 4.78 is 1.61. The monoisotopic (exact) mass is 297 g/mol. The first-order valence-corrected chi connectivity index (χ1v) is 5.44. The molecule has 0 aliphatic rings. The molecule has 17 heavy (non-hydrogen) atoms. The standard InChI is InChI=1S/C9H8BrN5O2/c1-11-8(16)5-2-3-15(14-5)7-6(10)9(17)13-4-12-7/h2-4H,1H3,(H,11,16)(H,12,13,17). The topological polar surface area (TPSA) is 92.7 Å². The minimum Gasteiger partial charge on any atom is -0.354 e. The smallest absolute Gasteiger partial charge is 0.271 e. The second kappa shape index (κ2) is 4.50. The summed E-state index contributed by atoms with van der Waals surface area (Å²) in [5, 5.41) is 6.47. The molecule has 2 heterocycles. The third-order valence-electron chi connectivity index (χ3n) is 2.04. The van der Waals surface area contributed by atoms with Gasteiger partial charge in [0, 0.05) is 13.2 Å². The van der Waals surface area contributed by atoms with E-state index >= 15 is 0 Å². The third kappa shape index (κ3) is 2.11. The number of rotatable bonds is 2. The van der Waals surface area contributed by atoms with E-state index in [0.717, 1.165) is 0 Å². The average Bonchev–Trinajstić information content (AvgIpc) is 2.81. The predicted molar refractivity (Wildman–Crippen MR) is 63.1 cm³/mol. The van der Waals surface area contributed by atoms with Crippen LogP contribution in [0, 0.1) is 0 Å². The van der Waals surface area contributed by atoms with E-state index in [-0.39, 0.29) is 21.6 Å². The summed E-state index contributed by atoms with van der Waals surface area (Å²) in [6.07, 6.45) is 2.82. The molecule has 1 amide bonds. The van der Waals surface area contributed by atoms with E-state index in [1.54, 1.807) is 6.20 Å². The lowest BCUT2D eigenvalue weighted by Crippen LogP contribution is -2.19. The lowest BCUT2D eigenvalue weighted by atomic mass is 10.4. The van der Waals surface area contributed by atoms with Crippen molar-refractivity contribution in [2.45, 2.75) is 0 Å². The fourth-order valence-corrected chi connectivity index (χ4v) is 1.62. The van der Waals surface area contributed by atoms with E-state index in [1.807, 2.05) is 0 Å². The molecule has 2 rings (SSSR count). The van der Waals surface area contributed by atoms with E-state index in [0.29, 0.717) is 5.82 Å². The normalized spacial score (nSPS) is 10.2. The predicted octanol–water partition coefficient (Wildman–Crippen LogP) is 0.0777. The number of hydrogen-bond acceptors (Lipinski definition) is 4. The van der Waals surface area contributed by atoms with Crippen molar-refractivity contribution < 1.29 is 4.79 Å². The van der Waals surface area contributed by atoms with Crippen molar-refractivity contribution in [3.05, 3.63) is 39.1 Å². The largest absolute Gasteiger partial charge is 0.354 e. The summed E-state index contributed by atoms with van der Waals surface area (Å²) in [5.74, 6) is 0.0219. The molecule has 2 aromatic rings. The molecule has 8 heteroatoms. The lowest BCUT2D eigenvalue weighted by molar-refractivity contribution is 0.0957. The Labute approximate surface area is 104 Å². The number of nitrogens with one attached hydrogen (secondary N) is 2. The Balaban J connectivity index is 2.47. The van der Waals surface area contributed by atoms with Crippen LogP contribution in [-0.2, 0) is 0 Å². The minimum atomic E-state index is -0.313. The Bertz CT molecular complexity index is 618. The van der Waals surface area contributed by atoms with Crippen molar-refractivity contribution in [2.75, 3.05) is 7.05 Å². The fraction of sp³-hybridized carbons (Fsp3) is 0.111. The number of nitrogens with zero attached hydrogens (tertiary/aromatic N) is 3. The van der Waals surface area contributed by atoms with Crippen molar-refractivity contribution in [1.82, 2.24) is 25.1 Å². The zero-order chi connectivity index (χ0) is 12.4. The highest BCUT2D eigenvalue weighted by Gasteiger charge is 2.12. The maximum absolute atomic E-state index is 11.3. The van der Waals surface area contributed by atoms with Crippen LogP contribution in [-0.4, -0.2) is 32.7 Å². The number of halogens is 1. The molecule has 0 aliphatic heterocycles. The second-order valence-corrected chi connectivity index (χ2v) is 3.89. The Morgan fingerprint density at radius 1 is 1.59 bits per heavy atom. The maximum Gasteiger partial charge on any atom is 0.271 e. The number of carbonyl (C=O) groups is 1. The first-order chi connectivity index (χ1) is 8.13. The first-order valence-electron chi connectivity index (χ1n) is 4.65. The van der Waals surface area contributed by atoms with Crippen LogP contribution < -0.4 is 10.9 Å². The average molecular weight is 298 g/mol. The highest BCUT2D eigenvalue weighted by molar-refractivity contribution is 9.10. The molecular formula is C9H8BrN5O2. The van der Waals surface area contributed by atoms with Crippen molar-refractivity contribution in [3.8, 4) is 5.82 Å². The van der Waals surface area contributed by atoms with E-state index in [2.05, 4.69) is 36.3 Å². The molecular weight excluding hydrogens is 290 g/mol. The fourth-order valence-electron chi connectivity index (χ4n) is 1.22. The van der Waals surface area contributed by atoms with Crippen LogP contribution in [0.15, 0.2) is 27.9 Å².